The molecule has 90 valence electrons. The van der Waals surface area contributed by atoms with E-state index in [2.05, 4.69) is 30.1 Å². The molecule has 0 radical (unpaired) electrons. The molecule has 0 fully saturated rings. The molecule has 0 aliphatic heterocycles. The van der Waals surface area contributed by atoms with Crippen LogP contribution >= 0.6 is 0 Å². The van der Waals surface area contributed by atoms with E-state index in [9.17, 15) is 4.79 Å². The predicted molar refractivity (Wildman–Crippen MR) is 71.5 cm³/mol. The summed E-state index contributed by atoms with van der Waals surface area (Å²) in [5.41, 5.74) is 3.08. The molecule has 2 nitrogen and oxygen atoms in total. The van der Waals surface area contributed by atoms with Crippen LogP contribution in [0.25, 0.3) is 10.9 Å². The van der Waals surface area contributed by atoms with Crippen LogP contribution in [-0.4, -0.2) is 11.3 Å². The maximum atomic E-state index is 10.7. The van der Waals surface area contributed by atoms with Crippen molar-refractivity contribution < 1.29 is 4.79 Å². The minimum Gasteiger partial charge on any atom is -0.352 e. The van der Waals surface area contributed by atoms with Crippen LogP contribution in [0.4, 0.5) is 0 Å². The zero-order valence-electron chi connectivity index (χ0n) is 10.3. The van der Waals surface area contributed by atoms with Crippen molar-refractivity contribution in [2.75, 3.05) is 0 Å². The summed E-state index contributed by atoms with van der Waals surface area (Å²) in [6, 6.07) is 8.31. The Hall–Kier alpha value is -1.57. The van der Waals surface area contributed by atoms with Gasteiger partial charge in [-0.25, -0.2) is 0 Å². The van der Waals surface area contributed by atoms with Gasteiger partial charge in [0.1, 0.15) is 0 Å². The second-order valence-electron chi connectivity index (χ2n) is 4.57. The number of aryl methyl sites for hydroxylation is 1. The number of fused-ring (bicyclic) bond motifs is 1. The van der Waals surface area contributed by atoms with Gasteiger partial charge >= 0.3 is 0 Å². The van der Waals surface area contributed by atoms with Gasteiger partial charge in [-0.3, -0.25) is 4.79 Å². The van der Waals surface area contributed by atoms with Crippen LogP contribution < -0.4 is 0 Å². The maximum absolute atomic E-state index is 10.7. The number of aromatic amines is 1. The van der Waals surface area contributed by atoms with E-state index in [1.54, 1.807) is 0 Å². The molecule has 0 amide bonds. The Bertz CT molecular complexity index is 499. The van der Waals surface area contributed by atoms with Crippen LogP contribution in [-0.2, 0) is 6.42 Å². The number of H-pyrrole nitrogens is 1. The smallest absolute Gasteiger partial charge is 0.166 e. The van der Waals surface area contributed by atoms with Crippen molar-refractivity contribution >= 4 is 17.2 Å². The first-order valence-corrected chi connectivity index (χ1v) is 6.40. The van der Waals surface area contributed by atoms with Gasteiger partial charge in [0.15, 0.2) is 6.29 Å². The van der Waals surface area contributed by atoms with Crippen LogP contribution in [0.3, 0.4) is 0 Å². The second-order valence-corrected chi connectivity index (χ2v) is 4.57. The van der Waals surface area contributed by atoms with E-state index in [0.29, 0.717) is 5.69 Å². The SMILES string of the molecule is CCCCCCc1ccc2cc(C=O)[nH]c2c1. The Morgan fingerprint density at radius 2 is 2.06 bits per heavy atom. The highest BCUT2D eigenvalue weighted by molar-refractivity contribution is 5.88. The van der Waals surface area contributed by atoms with Gasteiger partial charge in [-0.15, -0.1) is 0 Å². The molecule has 2 aromatic rings. The van der Waals surface area contributed by atoms with Gasteiger partial charge in [0, 0.05) is 10.9 Å². The highest BCUT2D eigenvalue weighted by Gasteiger charge is 2.01. The minimum atomic E-state index is 0.656. The molecule has 17 heavy (non-hydrogen) atoms. The average Bonchev–Trinajstić information content (AvgIpc) is 2.77. The van der Waals surface area contributed by atoms with E-state index in [4.69, 9.17) is 0 Å². The summed E-state index contributed by atoms with van der Waals surface area (Å²) >= 11 is 0. The highest BCUT2D eigenvalue weighted by atomic mass is 16.1. The third-order valence-electron chi connectivity index (χ3n) is 3.15. The first-order chi connectivity index (χ1) is 8.33. The normalized spacial score (nSPS) is 10.9. The highest BCUT2D eigenvalue weighted by Crippen LogP contribution is 2.18. The molecule has 0 atom stereocenters. The molecule has 0 saturated carbocycles. The minimum absolute atomic E-state index is 0.656. The van der Waals surface area contributed by atoms with E-state index in [1.165, 1.54) is 31.2 Å². The average molecular weight is 229 g/mol. The summed E-state index contributed by atoms with van der Waals surface area (Å²) in [7, 11) is 0. The molecule has 1 aromatic heterocycles. The maximum Gasteiger partial charge on any atom is 0.166 e. The number of aromatic nitrogens is 1. The fourth-order valence-electron chi connectivity index (χ4n) is 2.17. The Kier molecular flexibility index (Phi) is 3.97. The molecule has 1 N–H and O–H groups in total. The van der Waals surface area contributed by atoms with Gasteiger partial charge in [-0.2, -0.15) is 0 Å². The number of hydrogen-bond donors (Lipinski definition) is 1. The van der Waals surface area contributed by atoms with Crippen molar-refractivity contribution in [2.24, 2.45) is 0 Å². The third-order valence-corrected chi connectivity index (χ3v) is 3.15. The molecule has 2 heteroatoms. The lowest BCUT2D eigenvalue weighted by Crippen LogP contribution is -1.85. The lowest BCUT2D eigenvalue weighted by atomic mass is 10.1. The molecule has 0 bridgehead atoms. The molecular formula is C15H19NO. The monoisotopic (exact) mass is 229 g/mol. The first kappa shape index (κ1) is 11.9. The summed E-state index contributed by atoms with van der Waals surface area (Å²) in [6.07, 6.45) is 7.14. The number of unbranched alkanes of at least 4 members (excludes halogenated alkanes) is 3. The topological polar surface area (TPSA) is 32.9 Å². The Labute approximate surface area is 102 Å². The fourth-order valence-corrected chi connectivity index (χ4v) is 2.17. The predicted octanol–water partition coefficient (Wildman–Crippen LogP) is 4.10. The van der Waals surface area contributed by atoms with Crippen molar-refractivity contribution in [2.45, 2.75) is 39.0 Å². The van der Waals surface area contributed by atoms with Crippen molar-refractivity contribution in [1.29, 1.82) is 0 Å². The molecule has 1 heterocycles. The van der Waals surface area contributed by atoms with Gasteiger partial charge in [0.2, 0.25) is 0 Å². The summed E-state index contributed by atoms with van der Waals surface area (Å²) in [4.78, 5) is 13.8. The molecule has 1 aromatic carbocycles. The molecule has 0 aliphatic carbocycles. The van der Waals surface area contributed by atoms with Crippen molar-refractivity contribution in [3.8, 4) is 0 Å². The van der Waals surface area contributed by atoms with E-state index in [1.807, 2.05) is 6.07 Å². The third kappa shape index (κ3) is 2.96. The van der Waals surface area contributed by atoms with Crippen LogP contribution in [0.5, 0.6) is 0 Å². The van der Waals surface area contributed by atoms with E-state index in [-0.39, 0.29) is 0 Å². The number of aldehydes is 1. The molecule has 0 saturated heterocycles. The molecular weight excluding hydrogens is 210 g/mol. The van der Waals surface area contributed by atoms with E-state index in [0.717, 1.165) is 23.6 Å². The van der Waals surface area contributed by atoms with E-state index < -0.39 is 0 Å². The van der Waals surface area contributed by atoms with Crippen LogP contribution in [0.2, 0.25) is 0 Å². The lowest BCUT2D eigenvalue weighted by Gasteiger charge is -2.01. The zero-order valence-corrected chi connectivity index (χ0v) is 10.3. The van der Waals surface area contributed by atoms with E-state index >= 15 is 0 Å². The van der Waals surface area contributed by atoms with Crippen molar-refractivity contribution in [3.63, 3.8) is 0 Å². The Balaban J connectivity index is 2.06. The van der Waals surface area contributed by atoms with Crippen LogP contribution in [0.1, 0.15) is 48.7 Å². The van der Waals surface area contributed by atoms with Gasteiger partial charge in [0.25, 0.3) is 0 Å². The Morgan fingerprint density at radius 1 is 1.18 bits per heavy atom. The number of carbonyl (C=O) groups excluding carboxylic acids is 1. The summed E-state index contributed by atoms with van der Waals surface area (Å²) < 4.78 is 0. The zero-order chi connectivity index (χ0) is 12.1. The van der Waals surface area contributed by atoms with Crippen molar-refractivity contribution in [3.05, 3.63) is 35.5 Å². The quantitative estimate of drug-likeness (QED) is 0.587. The number of benzene rings is 1. The molecule has 0 spiro atoms. The fraction of sp³-hybridized carbons (Fsp3) is 0.400. The lowest BCUT2D eigenvalue weighted by molar-refractivity contribution is 0.112. The van der Waals surface area contributed by atoms with Gasteiger partial charge in [-0.1, -0.05) is 38.3 Å². The number of hydrogen-bond acceptors (Lipinski definition) is 1. The number of rotatable bonds is 6. The van der Waals surface area contributed by atoms with Gasteiger partial charge in [0.05, 0.1) is 5.69 Å². The summed E-state index contributed by atoms with van der Waals surface area (Å²) in [5.74, 6) is 0. The molecule has 0 aliphatic rings. The largest absolute Gasteiger partial charge is 0.352 e. The Morgan fingerprint density at radius 3 is 2.82 bits per heavy atom. The molecule has 2 rings (SSSR count). The number of nitrogens with one attached hydrogen (secondary N) is 1. The standard InChI is InChI=1S/C15H19NO/c1-2-3-4-5-6-12-7-8-13-10-14(11-17)16-15(13)9-12/h7-11,16H,2-6H2,1H3. The number of carbonyl (C=O) groups is 1. The summed E-state index contributed by atoms with van der Waals surface area (Å²) in [6.45, 7) is 2.23. The van der Waals surface area contributed by atoms with Gasteiger partial charge < -0.3 is 4.98 Å². The van der Waals surface area contributed by atoms with Crippen LogP contribution in [0, 0.1) is 0 Å². The first-order valence-electron chi connectivity index (χ1n) is 6.40. The summed E-state index contributed by atoms with van der Waals surface area (Å²) in [5, 5.41) is 1.12. The molecule has 0 unspecified atom stereocenters. The van der Waals surface area contributed by atoms with Crippen molar-refractivity contribution in [1.82, 2.24) is 4.98 Å². The van der Waals surface area contributed by atoms with Crippen LogP contribution in [0.15, 0.2) is 24.3 Å². The van der Waals surface area contributed by atoms with Gasteiger partial charge in [-0.05, 0) is 30.5 Å². The second kappa shape index (κ2) is 5.67.